The molecule has 0 atom stereocenters. The van der Waals surface area contributed by atoms with Gasteiger partial charge in [0.1, 0.15) is 6.61 Å². The van der Waals surface area contributed by atoms with Gasteiger partial charge in [-0.25, -0.2) is 9.59 Å². The molecule has 0 heterocycles. The summed E-state index contributed by atoms with van der Waals surface area (Å²) in [5.41, 5.74) is 2.39. The molecule has 2 N–H and O–H groups in total. The lowest BCUT2D eigenvalue weighted by atomic mass is 10.2. The zero-order chi connectivity index (χ0) is 20.9. The third kappa shape index (κ3) is 8.09. The number of methoxy groups -OCH3 is 1. The molecule has 0 amide bonds. The van der Waals surface area contributed by atoms with Crippen LogP contribution >= 0.6 is 0 Å². The fraction of sp³-hybridized carbons (Fsp3) is 0.333. The van der Waals surface area contributed by atoms with Crippen LogP contribution in [0.5, 0.6) is 11.5 Å². The van der Waals surface area contributed by atoms with Crippen molar-refractivity contribution in [3.05, 3.63) is 59.7 Å². The minimum absolute atomic E-state index is 0.548. The molecule has 2 aromatic rings. The van der Waals surface area contributed by atoms with Gasteiger partial charge in [0.15, 0.2) is 11.5 Å². The van der Waals surface area contributed by atoms with E-state index in [4.69, 9.17) is 29.3 Å². The molecule has 0 aliphatic heterocycles. The van der Waals surface area contributed by atoms with Gasteiger partial charge in [-0.3, -0.25) is 4.90 Å². The van der Waals surface area contributed by atoms with Crippen LogP contribution in [0, 0.1) is 0 Å². The summed E-state index contributed by atoms with van der Waals surface area (Å²) in [4.78, 5) is 20.6. The predicted molar refractivity (Wildman–Crippen MR) is 106 cm³/mol. The van der Waals surface area contributed by atoms with E-state index in [2.05, 4.69) is 43.0 Å². The Labute approximate surface area is 165 Å². The first-order valence-corrected chi connectivity index (χ1v) is 8.93. The predicted octanol–water partition coefficient (Wildman–Crippen LogP) is 3.27. The number of rotatable bonds is 8. The van der Waals surface area contributed by atoms with Gasteiger partial charge in [-0.05, 0) is 36.3 Å². The summed E-state index contributed by atoms with van der Waals surface area (Å²) >= 11 is 0. The summed E-state index contributed by atoms with van der Waals surface area (Å²) in [6.45, 7) is 7.93. The molecule has 7 heteroatoms. The number of aliphatic carboxylic acids is 2. The van der Waals surface area contributed by atoms with Crippen molar-refractivity contribution in [2.45, 2.75) is 27.0 Å². The molecule has 0 saturated carbocycles. The van der Waals surface area contributed by atoms with Crippen molar-refractivity contribution in [1.29, 1.82) is 0 Å². The molecule has 0 bridgehead atoms. The highest BCUT2D eigenvalue weighted by Gasteiger charge is 2.08. The van der Waals surface area contributed by atoms with Crippen molar-refractivity contribution >= 4 is 11.9 Å². The maximum Gasteiger partial charge on any atom is 0.414 e. The van der Waals surface area contributed by atoms with Crippen molar-refractivity contribution in [1.82, 2.24) is 4.90 Å². The van der Waals surface area contributed by atoms with Crippen LogP contribution in [0.1, 0.15) is 25.0 Å². The first-order chi connectivity index (χ1) is 13.4. The van der Waals surface area contributed by atoms with Crippen LogP contribution in [-0.4, -0.2) is 47.3 Å². The van der Waals surface area contributed by atoms with Gasteiger partial charge < -0.3 is 19.7 Å². The number of hydrogen-bond donors (Lipinski definition) is 2. The standard InChI is InChI=1S/C19H25NO2.C2H2O4/c1-4-20(5-2)14-17-11-12-18(19(13-17)21-3)22-15-16-9-7-6-8-10-16;3-1(4)2(5)6/h6-13H,4-5,14-15H2,1-3H3;(H,3,4)(H,5,6). The minimum Gasteiger partial charge on any atom is -0.493 e. The summed E-state index contributed by atoms with van der Waals surface area (Å²) in [5.74, 6) is -2.07. The van der Waals surface area contributed by atoms with E-state index in [1.807, 2.05) is 24.3 Å². The van der Waals surface area contributed by atoms with Gasteiger partial charge in [0.25, 0.3) is 0 Å². The van der Waals surface area contributed by atoms with Crippen molar-refractivity contribution < 1.29 is 29.3 Å². The largest absolute Gasteiger partial charge is 0.493 e. The number of hydrogen-bond acceptors (Lipinski definition) is 5. The molecule has 152 valence electrons. The molecule has 0 spiro atoms. The van der Waals surface area contributed by atoms with Crippen molar-refractivity contribution in [2.75, 3.05) is 20.2 Å². The molecule has 0 aliphatic carbocycles. The van der Waals surface area contributed by atoms with Crippen LogP contribution in [0.25, 0.3) is 0 Å². The van der Waals surface area contributed by atoms with E-state index >= 15 is 0 Å². The molecular formula is C21H27NO6. The Hall–Kier alpha value is -3.06. The molecule has 0 aromatic heterocycles. The van der Waals surface area contributed by atoms with E-state index in [1.165, 1.54) is 5.56 Å². The van der Waals surface area contributed by atoms with Crippen molar-refractivity contribution in [3.63, 3.8) is 0 Å². The van der Waals surface area contributed by atoms with Gasteiger partial charge in [-0.1, -0.05) is 50.2 Å². The minimum atomic E-state index is -1.82. The third-order valence-electron chi connectivity index (χ3n) is 3.95. The van der Waals surface area contributed by atoms with Crippen LogP contribution in [0.15, 0.2) is 48.5 Å². The summed E-state index contributed by atoms with van der Waals surface area (Å²) in [5, 5.41) is 14.8. The molecule has 7 nitrogen and oxygen atoms in total. The van der Waals surface area contributed by atoms with Gasteiger partial charge in [0, 0.05) is 6.54 Å². The number of carbonyl (C=O) groups is 2. The van der Waals surface area contributed by atoms with Crippen molar-refractivity contribution in [3.8, 4) is 11.5 Å². The first-order valence-electron chi connectivity index (χ1n) is 8.93. The normalized spacial score (nSPS) is 10.0. The van der Waals surface area contributed by atoms with E-state index in [1.54, 1.807) is 7.11 Å². The van der Waals surface area contributed by atoms with E-state index in [9.17, 15) is 0 Å². The molecule has 0 unspecified atom stereocenters. The number of benzene rings is 2. The van der Waals surface area contributed by atoms with Crippen LogP contribution < -0.4 is 9.47 Å². The smallest absolute Gasteiger partial charge is 0.414 e. The summed E-state index contributed by atoms with van der Waals surface area (Å²) in [6.07, 6.45) is 0. The zero-order valence-corrected chi connectivity index (χ0v) is 16.4. The molecule has 28 heavy (non-hydrogen) atoms. The highest BCUT2D eigenvalue weighted by Crippen LogP contribution is 2.29. The Bertz CT molecular complexity index is 732. The van der Waals surface area contributed by atoms with Gasteiger partial charge in [0.05, 0.1) is 7.11 Å². The van der Waals surface area contributed by atoms with E-state index in [0.717, 1.165) is 36.7 Å². The Kier molecular flexibility index (Phi) is 10.1. The van der Waals surface area contributed by atoms with Gasteiger partial charge >= 0.3 is 11.9 Å². The summed E-state index contributed by atoms with van der Waals surface area (Å²) in [6, 6.07) is 16.3. The topological polar surface area (TPSA) is 96.3 Å². The van der Waals surface area contributed by atoms with Gasteiger partial charge in [0.2, 0.25) is 0 Å². The molecule has 0 radical (unpaired) electrons. The first kappa shape index (κ1) is 23.0. The Morgan fingerprint density at radius 2 is 1.50 bits per heavy atom. The average Bonchev–Trinajstić information content (AvgIpc) is 2.71. The average molecular weight is 389 g/mol. The molecule has 2 aromatic carbocycles. The van der Waals surface area contributed by atoms with Crippen molar-refractivity contribution in [2.24, 2.45) is 0 Å². The van der Waals surface area contributed by atoms with Crippen LogP contribution in [0.4, 0.5) is 0 Å². The monoisotopic (exact) mass is 389 g/mol. The second-order valence-electron chi connectivity index (χ2n) is 5.83. The Balaban J connectivity index is 0.000000568. The number of nitrogens with zero attached hydrogens (tertiary/aromatic N) is 1. The SMILES string of the molecule is CCN(CC)Cc1ccc(OCc2ccccc2)c(OC)c1.O=C(O)C(=O)O. The van der Waals surface area contributed by atoms with Crippen LogP contribution in [0.3, 0.4) is 0 Å². The number of ether oxygens (including phenoxy) is 2. The van der Waals surface area contributed by atoms with E-state index < -0.39 is 11.9 Å². The highest BCUT2D eigenvalue weighted by molar-refractivity contribution is 6.27. The fourth-order valence-electron chi connectivity index (χ4n) is 2.37. The maximum atomic E-state index is 9.10. The second kappa shape index (κ2) is 12.3. The fourth-order valence-corrected chi connectivity index (χ4v) is 2.37. The quantitative estimate of drug-likeness (QED) is 0.669. The molecule has 2 rings (SSSR count). The lowest BCUT2D eigenvalue weighted by Gasteiger charge is -2.19. The second-order valence-corrected chi connectivity index (χ2v) is 5.83. The third-order valence-corrected chi connectivity index (χ3v) is 3.95. The van der Waals surface area contributed by atoms with Crippen LogP contribution in [-0.2, 0) is 22.7 Å². The highest BCUT2D eigenvalue weighted by atomic mass is 16.5. The van der Waals surface area contributed by atoms with E-state index in [-0.39, 0.29) is 0 Å². The molecule has 0 fully saturated rings. The van der Waals surface area contributed by atoms with Gasteiger partial charge in [-0.15, -0.1) is 0 Å². The van der Waals surface area contributed by atoms with E-state index in [0.29, 0.717) is 6.61 Å². The summed E-state index contributed by atoms with van der Waals surface area (Å²) in [7, 11) is 1.69. The van der Waals surface area contributed by atoms with Crippen LogP contribution in [0.2, 0.25) is 0 Å². The Morgan fingerprint density at radius 3 is 2.00 bits per heavy atom. The lowest BCUT2D eigenvalue weighted by molar-refractivity contribution is -0.159. The number of carboxylic acid groups (broad SMARTS) is 2. The zero-order valence-electron chi connectivity index (χ0n) is 16.4. The molecule has 0 saturated heterocycles. The van der Waals surface area contributed by atoms with Gasteiger partial charge in [-0.2, -0.15) is 0 Å². The summed E-state index contributed by atoms with van der Waals surface area (Å²) < 4.78 is 11.4. The number of carboxylic acids is 2. The molecular weight excluding hydrogens is 362 g/mol. The molecule has 0 aliphatic rings. The lowest BCUT2D eigenvalue weighted by Crippen LogP contribution is -2.22. The maximum absolute atomic E-state index is 9.10. The Morgan fingerprint density at radius 1 is 0.893 bits per heavy atom.